The molecule has 0 spiro atoms. The van der Waals surface area contributed by atoms with E-state index in [9.17, 15) is 19.1 Å². The fraction of sp³-hybridized carbons (Fsp3) is 0.263. The SMILES string of the molecule is COc1ccc([C@@H]2CN(C(=O)c3cc(F)c(O)c(C=O)c3)CCS2)cc1. The molecule has 0 unspecified atom stereocenters. The van der Waals surface area contributed by atoms with Gasteiger partial charge in [0.25, 0.3) is 5.91 Å². The van der Waals surface area contributed by atoms with Crippen LogP contribution in [0.5, 0.6) is 11.5 Å². The number of hydrogen-bond acceptors (Lipinski definition) is 5. The van der Waals surface area contributed by atoms with Gasteiger partial charge in [-0.3, -0.25) is 9.59 Å². The van der Waals surface area contributed by atoms with Crippen LogP contribution in [0.25, 0.3) is 0 Å². The highest BCUT2D eigenvalue weighted by Gasteiger charge is 2.27. The van der Waals surface area contributed by atoms with Gasteiger partial charge in [-0.25, -0.2) is 4.39 Å². The molecule has 7 heteroatoms. The van der Waals surface area contributed by atoms with Gasteiger partial charge >= 0.3 is 0 Å². The van der Waals surface area contributed by atoms with Crippen LogP contribution in [0.2, 0.25) is 0 Å². The third-order valence-electron chi connectivity index (χ3n) is 4.31. The van der Waals surface area contributed by atoms with E-state index in [1.54, 1.807) is 23.8 Å². The van der Waals surface area contributed by atoms with E-state index in [0.29, 0.717) is 19.4 Å². The maximum atomic E-state index is 13.8. The van der Waals surface area contributed by atoms with Gasteiger partial charge in [0.05, 0.1) is 12.7 Å². The summed E-state index contributed by atoms with van der Waals surface area (Å²) in [6.45, 7) is 1.02. The number of ether oxygens (including phenoxy) is 1. The molecule has 0 bridgehead atoms. The van der Waals surface area contributed by atoms with E-state index >= 15 is 0 Å². The number of carbonyl (C=O) groups excluding carboxylic acids is 2. The number of rotatable bonds is 4. The number of methoxy groups -OCH3 is 1. The van der Waals surface area contributed by atoms with Crippen molar-refractivity contribution < 1.29 is 23.8 Å². The second-order valence-electron chi connectivity index (χ2n) is 5.90. The van der Waals surface area contributed by atoms with E-state index in [1.807, 2.05) is 24.3 Å². The lowest BCUT2D eigenvalue weighted by Gasteiger charge is -2.33. The molecule has 1 fully saturated rings. The van der Waals surface area contributed by atoms with Gasteiger partial charge in [-0.15, -0.1) is 0 Å². The van der Waals surface area contributed by atoms with Gasteiger partial charge in [-0.2, -0.15) is 11.8 Å². The standard InChI is InChI=1S/C19H18FNO4S/c1-25-15-4-2-12(3-5-15)17-10-21(6-7-26-17)19(24)13-8-14(11-22)18(23)16(20)9-13/h2-5,8-9,11,17,23H,6-7,10H2,1H3/t17-/m0/s1. The monoisotopic (exact) mass is 375 g/mol. The van der Waals surface area contributed by atoms with Crippen molar-refractivity contribution in [2.24, 2.45) is 0 Å². The van der Waals surface area contributed by atoms with Gasteiger partial charge in [0, 0.05) is 29.7 Å². The Kier molecular flexibility index (Phi) is 5.46. The number of nitrogens with zero attached hydrogens (tertiary/aromatic N) is 1. The highest BCUT2D eigenvalue weighted by atomic mass is 32.2. The summed E-state index contributed by atoms with van der Waals surface area (Å²) in [7, 11) is 1.61. The van der Waals surface area contributed by atoms with E-state index < -0.39 is 11.6 Å². The Balaban J connectivity index is 1.79. The Hall–Kier alpha value is -2.54. The van der Waals surface area contributed by atoms with Crippen LogP contribution in [0.3, 0.4) is 0 Å². The molecule has 136 valence electrons. The van der Waals surface area contributed by atoms with Crippen molar-refractivity contribution >= 4 is 24.0 Å². The summed E-state index contributed by atoms with van der Waals surface area (Å²) in [6.07, 6.45) is 0.335. The Morgan fingerprint density at radius 3 is 2.73 bits per heavy atom. The summed E-state index contributed by atoms with van der Waals surface area (Å²) in [6, 6.07) is 9.88. The van der Waals surface area contributed by atoms with E-state index in [1.165, 1.54) is 6.07 Å². The largest absolute Gasteiger partial charge is 0.504 e. The minimum Gasteiger partial charge on any atom is -0.504 e. The van der Waals surface area contributed by atoms with Crippen LogP contribution < -0.4 is 4.74 Å². The van der Waals surface area contributed by atoms with Crippen LogP contribution in [0.15, 0.2) is 36.4 Å². The lowest BCUT2D eigenvalue weighted by Crippen LogP contribution is -2.39. The first-order valence-corrected chi connectivity index (χ1v) is 9.11. The number of carbonyl (C=O) groups is 2. The highest BCUT2D eigenvalue weighted by Crippen LogP contribution is 2.34. The van der Waals surface area contributed by atoms with Gasteiger partial charge in [-0.05, 0) is 29.8 Å². The minimum absolute atomic E-state index is 0.0581. The quantitative estimate of drug-likeness (QED) is 0.831. The van der Waals surface area contributed by atoms with E-state index in [-0.39, 0.29) is 22.3 Å². The molecule has 2 aromatic carbocycles. The zero-order valence-electron chi connectivity index (χ0n) is 14.1. The van der Waals surface area contributed by atoms with Crippen molar-refractivity contribution in [3.63, 3.8) is 0 Å². The van der Waals surface area contributed by atoms with Crippen LogP contribution in [0.1, 0.15) is 31.5 Å². The summed E-state index contributed by atoms with van der Waals surface area (Å²) < 4.78 is 18.9. The van der Waals surface area contributed by atoms with E-state index in [4.69, 9.17) is 4.74 Å². The molecule has 1 aliphatic rings. The van der Waals surface area contributed by atoms with Crippen molar-refractivity contribution in [1.82, 2.24) is 4.90 Å². The summed E-state index contributed by atoms with van der Waals surface area (Å²) >= 11 is 1.75. The van der Waals surface area contributed by atoms with Crippen molar-refractivity contribution in [1.29, 1.82) is 0 Å². The molecular formula is C19H18FNO4S. The van der Waals surface area contributed by atoms with E-state index in [2.05, 4.69) is 0 Å². The normalized spacial score (nSPS) is 17.0. The first-order chi connectivity index (χ1) is 12.5. The number of thioether (sulfide) groups is 1. The van der Waals surface area contributed by atoms with Gasteiger partial charge in [0.2, 0.25) is 0 Å². The third kappa shape index (κ3) is 3.67. The fourth-order valence-electron chi connectivity index (χ4n) is 2.87. The first kappa shape index (κ1) is 18.3. The van der Waals surface area contributed by atoms with Crippen LogP contribution in [-0.4, -0.2) is 48.2 Å². The predicted octanol–water partition coefficient (Wildman–Crippen LogP) is 3.28. The Morgan fingerprint density at radius 1 is 1.35 bits per heavy atom. The number of aromatic hydroxyl groups is 1. The number of halogens is 1. The Bertz CT molecular complexity index is 825. The molecule has 0 aliphatic carbocycles. The number of benzene rings is 2. The molecule has 0 aromatic heterocycles. The predicted molar refractivity (Wildman–Crippen MR) is 97.5 cm³/mol. The maximum absolute atomic E-state index is 13.8. The molecule has 5 nitrogen and oxygen atoms in total. The second kappa shape index (κ2) is 7.78. The molecular weight excluding hydrogens is 357 g/mol. The molecule has 0 radical (unpaired) electrons. The number of amides is 1. The van der Waals surface area contributed by atoms with Gasteiger partial charge in [0.15, 0.2) is 17.9 Å². The first-order valence-electron chi connectivity index (χ1n) is 8.06. The minimum atomic E-state index is -0.976. The molecule has 1 heterocycles. The molecule has 3 rings (SSSR count). The van der Waals surface area contributed by atoms with Gasteiger partial charge in [-0.1, -0.05) is 12.1 Å². The summed E-state index contributed by atoms with van der Waals surface area (Å²) in [5.41, 5.74) is 0.910. The summed E-state index contributed by atoms with van der Waals surface area (Å²) in [5.74, 6) is -0.545. The van der Waals surface area contributed by atoms with E-state index in [0.717, 1.165) is 23.1 Å². The molecule has 1 saturated heterocycles. The molecule has 2 aromatic rings. The number of phenols is 1. The van der Waals surface area contributed by atoms with Gasteiger partial charge in [0.1, 0.15) is 5.75 Å². The smallest absolute Gasteiger partial charge is 0.254 e. The highest BCUT2D eigenvalue weighted by molar-refractivity contribution is 7.99. The van der Waals surface area contributed by atoms with Crippen molar-refractivity contribution in [3.05, 3.63) is 58.9 Å². The van der Waals surface area contributed by atoms with Crippen molar-refractivity contribution in [3.8, 4) is 11.5 Å². The number of hydrogen-bond donors (Lipinski definition) is 1. The van der Waals surface area contributed by atoms with Crippen LogP contribution in [0, 0.1) is 5.82 Å². The zero-order chi connectivity index (χ0) is 18.7. The molecule has 1 atom stereocenters. The second-order valence-corrected chi connectivity index (χ2v) is 7.21. The lowest BCUT2D eigenvalue weighted by molar-refractivity contribution is 0.0761. The maximum Gasteiger partial charge on any atom is 0.254 e. The number of phenolic OH excluding ortho intramolecular Hbond substituents is 1. The van der Waals surface area contributed by atoms with Crippen molar-refractivity contribution in [2.75, 3.05) is 26.0 Å². The lowest BCUT2D eigenvalue weighted by atomic mass is 10.1. The Labute approximate surface area is 154 Å². The number of aldehydes is 1. The van der Waals surface area contributed by atoms with Crippen LogP contribution in [0.4, 0.5) is 4.39 Å². The molecule has 26 heavy (non-hydrogen) atoms. The summed E-state index contributed by atoms with van der Waals surface area (Å²) in [5, 5.41) is 9.61. The average Bonchev–Trinajstić information content (AvgIpc) is 2.69. The Morgan fingerprint density at radius 2 is 2.08 bits per heavy atom. The fourth-order valence-corrected chi connectivity index (χ4v) is 4.12. The topological polar surface area (TPSA) is 66.8 Å². The average molecular weight is 375 g/mol. The molecule has 1 N–H and O–H groups in total. The van der Waals surface area contributed by atoms with Gasteiger partial charge < -0.3 is 14.7 Å². The third-order valence-corrected chi connectivity index (χ3v) is 5.55. The molecule has 1 aliphatic heterocycles. The van der Waals surface area contributed by atoms with Crippen LogP contribution >= 0.6 is 11.8 Å². The molecule has 0 saturated carbocycles. The molecule has 1 amide bonds. The van der Waals surface area contributed by atoms with Crippen molar-refractivity contribution in [2.45, 2.75) is 5.25 Å². The van der Waals surface area contributed by atoms with Crippen LogP contribution in [-0.2, 0) is 0 Å². The summed E-state index contributed by atoms with van der Waals surface area (Å²) in [4.78, 5) is 25.3. The zero-order valence-corrected chi connectivity index (χ0v) is 15.0.